The van der Waals surface area contributed by atoms with Gasteiger partial charge in [-0.25, -0.2) is 4.99 Å². The van der Waals surface area contributed by atoms with Gasteiger partial charge in [-0.2, -0.15) is 0 Å². The van der Waals surface area contributed by atoms with Gasteiger partial charge in [0.25, 0.3) is 0 Å². The molecule has 1 atom stereocenters. The van der Waals surface area contributed by atoms with E-state index < -0.39 is 0 Å². The number of fused-ring (bicyclic) bond motifs is 1. The fraction of sp³-hybridized carbons (Fsp3) is 0.0500. The number of rotatable bonds is 2. The van der Waals surface area contributed by atoms with E-state index in [1.807, 2.05) is 54.6 Å². The Labute approximate surface area is 150 Å². The number of hydrogen-bond acceptors (Lipinski definition) is 3. The van der Waals surface area contributed by atoms with Crippen LogP contribution >= 0.6 is 23.4 Å². The maximum absolute atomic E-state index is 6.22. The molecule has 1 aliphatic heterocycles. The Hall–Kier alpha value is -2.23. The van der Waals surface area contributed by atoms with Crippen molar-refractivity contribution in [2.45, 2.75) is 5.25 Å². The highest BCUT2D eigenvalue weighted by atomic mass is 35.5. The minimum absolute atomic E-state index is 0.170. The molecule has 0 aliphatic carbocycles. The van der Waals surface area contributed by atoms with Gasteiger partial charge >= 0.3 is 0 Å². The molecule has 3 aromatic rings. The average Bonchev–Trinajstić information content (AvgIpc) is 2.63. The number of benzene rings is 3. The number of anilines is 1. The quantitative estimate of drug-likeness (QED) is 0.588. The summed E-state index contributed by atoms with van der Waals surface area (Å²) in [6.07, 6.45) is 0. The smallest absolute Gasteiger partial charge is 0.167 e. The van der Waals surface area contributed by atoms with Crippen molar-refractivity contribution >= 4 is 39.9 Å². The first-order valence-electron chi connectivity index (χ1n) is 7.71. The van der Waals surface area contributed by atoms with Crippen LogP contribution < -0.4 is 5.32 Å². The highest BCUT2D eigenvalue weighted by Gasteiger charge is 2.25. The monoisotopic (exact) mass is 350 g/mol. The van der Waals surface area contributed by atoms with Gasteiger partial charge in [0, 0.05) is 10.7 Å². The Morgan fingerprint density at radius 1 is 0.875 bits per heavy atom. The number of halogens is 1. The van der Waals surface area contributed by atoms with Crippen LogP contribution in [-0.4, -0.2) is 5.17 Å². The molecule has 0 spiro atoms. The van der Waals surface area contributed by atoms with Crippen molar-refractivity contribution in [2.75, 3.05) is 5.32 Å². The number of hydrogen-bond donors (Lipinski definition) is 1. The summed E-state index contributed by atoms with van der Waals surface area (Å²) in [6, 6.07) is 26.5. The first-order valence-corrected chi connectivity index (χ1v) is 8.97. The average molecular weight is 351 g/mol. The maximum Gasteiger partial charge on any atom is 0.167 e. The number of thioether (sulfide) groups is 1. The molecule has 0 saturated carbocycles. The molecule has 4 rings (SSSR count). The summed E-state index contributed by atoms with van der Waals surface area (Å²) in [5.74, 6) is 0. The van der Waals surface area contributed by atoms with Crippen LogP contribution in [0.25, 0.3) is 0 Å². The molecule has 0 saturated heterocycles. The molecule has 1 unspecified atom stereocenters. The molecule has 0 amide bonds. The molecule has 0 fully saturated rings. The highest BCUT2D eigenvalue weighted by molar-refractivity contribution is 8.14. The third-order valence-electron chi connectivity index (χ3n) is 3.85. The number of aliphatic imine (C=N–C) groups is 1. The summed E-state index contributed by atoms with van der Waals surface area (Å²) >= 11 is 7.93. The fourth-order valence-corrected chi connectivity index (χ4v) is 4.07. The molecule has 1 aliphatic rings. The van der Waals surface area contributed by atoms with Gasteiger partial charge in [-0.15, -0.1) is 0 Å². The number of para-hydroxylation sites is 1. The highest BCUT2D eigenvalue weighted by Crippen LogP contribution is 2.45. The zero-order chi connectivity index (χ0) is 16.4. The van der Waals surface area contributed by atoms with Crippen LogP contribution in [0.3, 0.4) is 0 Å². The van der Waals surface area contributed by atoms with Crippen molar-refractivity contribution in [2.24, 2.45) is 4.99 Å². The lowest BCUT2D eigenvalue weighted by Gasteiger charge is -2.25. The van der Waals surface area contributed by atoms with Gasteiger partial charge in [-0.3, -0.25) is 0 Å². The van der Waals surface area contributed by atoms with Gasteiger partial charge in [-0.05, 0) is 41.5 Å². The van der Waals surface area contributed by atoms with Gasteiger partial charge in [0.2, 0.25) is 0 Å². The van der Waals surface area contributed by atoms with Gasteiger partial charge < -0.3 is 5.32 Å². The summed E-state index contributed by atoms with van der Waals surface area (Å²) in [7, 11) is 0. The standard InChI is InChI=1S/C20H15ClN2S/c21-15-11-12-18-17(13-15)19(14-7-3-1-4-8-14)24-20(23-18)22-16-9-5-2-6-10-16/h1-13,19H,(H,22,23). The van der Waals surface area contributed by atoms with Crippen LogP contribution in [0.2, 0.25) is 5.02 Å². The predicted molar refractivity (Wildman–Crippen MR) is 104 cm³/mol. The van der Waals surface area contributed by atoms with Crippen LogP contribution in [0, 0.1) is 0 Å². The molecule has 3 aromatic carbocycles. The van der Waals surface area contributed by atoms with Crippen molar-refractivity contribution in [1.82, 2.24) is 0 Å². The SMILES string of the molecule is Clc1ccc2c(c1)C(c1ccccc1)SC(Nc1ccccc1)=N2. The molecular formula is C20H15ClN2S. The molecule has 118 valence electrons. The van der Waals surface area contributed by atoms with Crippen molar-refractivity contribution in [1.29, 1.82) is 0 Å². The van der Waals surface area contributed by atoms with Crippen molar-refractivity contribution in [3.63, 3.8) is 0 Å². The van der Waals surface area contributed by atoms with Crippen LogP contribution in [0.4, 0.5) is 11.4 Å². The van der Waals surface area contributed by atoms with Crippen LogP contribution in [0.1, 0.15) is 16.4 Å². The molecule has 0 bridgehead atoms. The summed E-state index contributed by atoms with van der Waals surface area (Å²) in [5.41, 5.74) is 4.39. The molecule has 2 nitrogen and oxygen atoms in total. The van der Waals surface area contributed by atoms with Crippen molar-refractivity contribution in [3.05, 3.63) is 95.0 Å². The Kier molecular flexibility index (Phi) is 4.28. The van der Waals surface area contributed by atoms with Gasteiger partial charge in [0.1, 0.15) is 0 Å². The number of amidine groups is 1. The van der Waals surface area contributed by atoms with Crippen LogP contribution in [-0.2, 0) is 0 Å². The molecule has 1 heterocycles. The lowest BCUT2D eigenvalue weighted by Crippen LogP contribution is -2.14. The van der Waals surface area contributed by atoms with E-state index in [1.54, 1.807) is 11.8 Å². The van der Waals surface area contributed by atoms with Gasteiger partial charge in [0.15, 0.2) is 5.17 Å². The summed E-state index contributed by atoms with van der Waals surface area (Å²) < 4.78 is 0. The molecule has 0 radical (unpaired) electrons. The predicted octanol–water partition coefficient (Wildman–Crippen LogP) is 6.28. The lowest BCUT2D eigenvalue weighted by atomic mass is 10.0. The largest absolute Gasteiger partial charge is 0.335 e. The number of nitrogens with one attached hydrogen (secondary N) is 1. The van der Waals surface area contributed by atoms with E-state index in [0.29, 0.717) is 0 Å². The normalized spacial score (nSPS) is 16.2. The van der Waals surface area contributed by atoms with E-state index in [0.717, 1.165) is 27.1 Å². The Morgan fingerprint density at radius 2 is 1.58 bits per heavy atom. The topological polar surface area (TPSA) is 24.4 Å². The van der Waals surface area contributed by atoms with E-state index in [9.17, 15) is 0 Å². The summed E-state index contributed by atoms with van der Waals surface area (Å²) in [4.78, 5) is 4.77. The van der Waals surface area contributed by atoms with E-state index in [2.05, 4.69) is 29.6 Å². The lowest BCUT2D eigenvalue weighted by molar-refractivity contribution is 1.15. The Bertz CT molecular complexity index is 879. The van der Waals surface area contributed by atoms with Gasteiger partial charge in [-0.1, -0.05) is 71.9 Å². The fourth-order valence-electron chi connectivity index (χ4n) is 2.73. The zero-order valence-electron chi connectivity index (χ0n) is 12.8. The maximum atomic E-state index is 6.22. The molecule has 0 aromatic heterocycles. The van der Waals surface area contributed by atoms with E-state index in [4.69, 9.17) is 16.6 Å². The van der Waals surface area contributed by atoms with Gasteiger partial charge in [0.05, 0.1) is 10.9 Å². The third kappa shape index (κ3) is 3.18. The second kappa shape index (κ2) is 6.71. The summed E-state index contributed by atoms with van der Waals surface area (Å²) in [5, 5.41) is 5.22. The molecule has 4 heteroatoms. The second-order valence-electron chi connectivity index (χ2n) is 5.52. The second-order valence-corrected chi connectivity index (χ2v) is 7.05. The van der Waals surface area contributed by atoms with E-state index in [1.165, 1.54) is 5.56 Å². The van der Waals surface area contributed by atoms with Crippen LogP contribution in [0.15, 0.2) is 83.9 Å². The van der Waals surface area contributed by atoms with Crippen molar-refractivity contribution < 1.29 is 0 Å². The summed E-state index contributed by atoms with van der Waals surface area (Å²) in [6.45, 7) is 0. The first-order chi connectivity index (χ1) is 11.8. The van der Waals surface area contributed by atoms with Crippen LogP contribution in [0.5, 0.6) is 0 Å². The number of nitrogens with zero attached hydrogens (tertiary/aromatic N) is 1. The Morgan fingerprint density at radius 3 is 2.33 bits per heavy atom. The van der Waals surface area contributed by atoms with Crippen molar-refractivity contribution in [3.8, 4) is 0 Å². The van der Waals surface area contributed by atoms with E-state index in [-0.39, 0.29) is 5.25 Å². The molecule has 24 heavy (non-hydrogen) atoms. The van der Waals surface area contributed by atoms with E-state index >= 15 is 0 Å². The molecule has 1 N–H and O–H groups in total. The third-order valence-corrected chi connectivity index (χ3v) is 5.26. The minimum Gasteiger partial charge on any atom is -0.335 e. The molecular weight excluding hydrogens is 336 g/mol. The minimum atomic E-state index is 0.170. The Balaban J connectivity index is 1.74. The first kappa shape index (κ1) is 15.3. The zero-order valence-corrected chi connectivity index (χ0v) is 14.4.